The van der Waals surface area contributed by atoms with E-state index in [4.69, 9.17) is 10.5 Å². The van der Waals surface area contributed by atoms with Crippen molar-refractivity contribution in [1.82, 2.24) is 35.3 Å². The Kier molecular flexibility index (Phi) is 10.5. The zero-order valence-corrected chi connectivity index (χ0v) is 25.6. The van der Waals surface area contributed by atoms with E-state index in [2.05, 4.69) is 25.9 Å². The minimum atomic E-state index is -1.02. The summed E-state index contributed by atoms with van der Waals surface area (Å²) in [5.74, 6) is -1.58. The van der Waals surface area contributed by atoms with Crippen molar-refractivity contribution in [2.24, 2.45) is 11.7 Å². The Hall–Kier alpha value is -4.95. The molecule has 46 heavy (non-hydrogen) atoms. The average molecular weight is 631 g/mol. The molecule has 2 atom stereocenters. The highest BCUT2D eigenvalue weighted by Gasteiger charge is 2.27. The van der Waals surface area contributed by atoms with E-state index >= 15 is 0 Å². The summed E-state index contributed by atoms with van der Waals surface area (Å²) in [4.78, 5) is 38.5. The number of piperidine rings is 1. The second-order valence-corrected chi connectivity index (χ2v) is 11.4. The third-order valence-corrected chi connectivity index (χ3v) is 8.23. The van der Waals surface area contributed by atoms with Crippen molar-refractivity contribution in [2.45, 2.75) is 50.6 Å². The van der Waals surface area contributed by atoms with Crippen LogP contribution in [0.15, 0.2) is 54.9 Å². The van der Waals surface area contributed by atoms with Gasteiger partial charge in [0.1, 0.15) is 17.1 Å². The van der Waals surface area contributed by atoms with E-state index in [1.54, 1.807) is 42.7 Å². The number of aromatic nitrogens is 6. The summed E-state index contributed by atoms with van der Waals surface area (Å²) >= 11 is 0. The van der Waals surface area contributed by atoms with Crippen molar-refractivity contribution in [1.29, 1.82) is 0 Å². The van der Waals surface area contributed by atoms with E-state index < -0.39 is 24.0 Å². The summed E-state index contributed by atoms with van der Waals surface area (Å²) in [6, 6.07) is 10.1. The van der Waals surface area contributed by atoms with Crippen molar-refractivity contribution >= 4 is 17.7 Å². The number of unbranched alkanes of at least 4 members (excludes halogenated alkanes) is 1. The van der Waals surface area contributed by atoms with Crippen molar-refractivity contribution in [3.8, 4) is 28.3 Å². The number of carbonyl (C=O) groups is 3. The van der Waals surface area contributed by atoms with E-state index in [9.17, 15) is 24.6 Å². The van der Waals surface area contributed by atoms with Crippen LogP contribution in [0.4, 0.5) is 0 Å². The molecule has 2 aromatic heterocycles. The first-order chi connectivity index (χ1) is 22.3. The van der Waals surface area contributed by atoms with Crippen LogP contribution in [0.3, 0.4) is 0 Å². The van der Waals surface area contributed by atoms with Crippen LogP contribution in [0.5, 0.6) is 5.75 Å². The van der Waals surface area contributed by atoms with Gasteiger partial charge in [0.15, 0.2) is 17.9 Å². The lowest BCUT2D eigenvalue weighted by atomic mass is 9.88. The molecule has 0 saturated carbocycles. The largest absolute Gasteiger partial charge is 0.508 e. The number of hydrogen-bond donors (Lipinski definition) is 4. The van der Waals surface area contributed by atoms with E-state index in [1.807, 2.05) is 0 Å². The number of phenols is 1. The number of nitrogens with zero attached hydrogens (tertiary/aromatic N) is 6. The Bertz CT molecular complexity index is 1660. The fourth-order valence-corrected chi connectivity index (χ4v) is 5.64. The summed E-state index contributed by atoms with van der Waals surface area (Å²) in [5.41, 5.74) is 8.79. The van der Waals surface area contributed by atoms with Crippen LogP contribution in [0.1, 0.15) is 60.1 Å². The Morgan fingerprint density at radius 3 is 2.13 bits per heavy atom. The van der Waals surface area contributed by atoms with Gasteiger partial charge < -0.3 is 26.0 Å². The number of Topliss-reactive ketones (excluding diaryl/α,β-unsaturated/α-hetero) is 1. The van der Waals surface area contributed by atoms with Crippen molar-refractivity contribution < 1.29 is 29.3 Å². The molecule has 1 aliphatic heterocycles. The smallest absolute Gasteiger partial charge is 0.331 e. The molecule has 0 radical (unpaired) electrons. The van der Waals surface area contributed by atoms with Crippen LogP contribution in [0.2, 0.25) is 0 Å². The molecule has 2 aromatic carbocycles. The lowest BCUT2D eigenvalue weighted by Crippen LogP contribution is -2.31. The molecule has 0 aliphatic carbocycles. The number of aliphatic carboxylic acids is 1. The molecule has 0 spiro atoms. The lowest BCUT2D eigenvalue weighted by molar-refractivity contribution is -0.145. The predicted molar refractivity (Wildman–Crippen MR) is 167 cm³/mol. The van der Waals surface area contributed by atoms with Gasteiger partial charge in [-0.3, -0.25) is 4.79 Å². The summed E-state index contributed by atoms with van der Waals surface area (Å²) in [5, 5.41) is 39.7. The molecule has 4 aromatic rings. The Balaban J connectivity index is 1.51. The molecule has 0 amide bonds. The normalized spacial score (nSPS) is 14.9. The molecule has 3 heterocycles. The van der Waals surface area contributed by atoms with Gasteiger partial charge in [0.05, 0.1) is 19.5 Å². The van der Waals surface area contributed by atoms with E-state index in [-0.39, 0.29) is 23.9 Å². The molecule has 1 fully saturated rings. The summed E-state index contributed by atoms with van der Waals surface area (Å²) in [6.07, 6.45) is 6.54. The first-order valence-corrected chi connectivity index (χ1v) is 15.3. The highest BCUT2D eigenvalue weighted by atomic mass is 16.5. The van der Waals surface area contributed by atoms with Crippen LogP contribution < -0.4 is 11.1 Å². The highest BCUT2D eigenvalue weighted by Crippen LogP contribution is 2.30. The Labute approximate surface area is 265 Å². The maximum Gasteiger partial charge on any atom is 0.331 e. The number of ether oxygens (including phenoxy) is 1. The Morgan fingerprint density at radius 2 is 1.57 bits per heavy atom. The summed E-state index contributed by atoms with van der Waals surface area (Å²) in [6.45, 7) is 1.97. The third-order valence-electron chi connectivity index (χ3n) is 8.23. The number of hydrogen-bond acceptors (Lipinski definition) is 11. The number of esters is 1. The monoisotopic (exact) mass is 630 g/mol. The minimum Gasteiger partial charge on any atom is -0.508 e. The van der Waals surface area contributed by atoms with Crippen LogP contribution >= 0.6 is 0 Å². The van der Waals surface area contributed by atoms with Gasteiger partial charge in [-0.1, -0.05) is 22.6 Å². The third kappa shape index (κ3) is 7.64. The van der Waals surface area contributed by atoms with Gasteiger partial charge in [0.25, 0.3) is 0 Å². The van der Waals surface area contributed by atoms with E-state index in [0.29, 0.717) is 66.7 Å². The number of carbonyl (C=O) groups excluding carboxylic acids is 2. The number of benzene rings is 2. The molecule has 1 aliphatic rings. The standard InChI is InChI=1S/C32H38N8O6/c1-46-32(45)29(14-20-5-7-25(41)8-6-20)40-19-27(36-38-40)23-15-22(16-24(17-23)30(42)21-9-12-34-13-10-21)26-18-39(37-35-26)28(31(43)44)4-2-3-11-33/h5-8,15-19,21,28-29,34,41H,2-4,9-14,33H2,1H3,(H,43,44)/t28-,29-/m0/s1. The van der Waals surface area contributed by atoms with Crippen molar-refractivity contribution in [3.63, 3.8) is 0 Å². The average Bonchev–Trinajstić information content (AvgIpc) is 3.77. The van der Waals surface area contributed by atoms with Crippen LogP contribution in [-0.4, -0.2) is 84.7 Å². The molecular weight excluding hydrogens is 592 g/mol. The predicted octanol–water partition coefficient (Wildman–Crippen LogP) is 2.80. The second kappa shape index (κ2) is 14.9. The number of carboxylic acids is 1. The quantitative estimate of drug-likeness (QED) is 0.0903. The van der Waals surface area contributed by atoms with Gasteiger partial charge in [-0.2, -0.15) is 0 Å². The number of aromatic hydroxyl groups is 1. The van der Waals surface area contributed by atoms with Crippen molar-refractivity contribution in [3.05, 3.63) is 66.0 Å². The molecule has 0 bridgehead atoms. The second-order valence-electron chi connectivity index (χ2n) is 11.4. The number of nitrogens with one attached hydrogen (secondary N) is 1. The minimum absolute atomic E-state index is 0.00523. The fourth-order valence-electron chi connectivity index (χ4n) is 5.64. The number of phenolic OH excluding ortho intramolecular Hbond substituents is 1. The van der Waals surface area contributed by atoms with Crippen LogP contribution in [0, 0.1) is 5.92 Å². The molecule has 14 nitrogen and oxygen atoms in total. The fraction of sp³-hybridized carbons (Fsp3) is 0.406. The maximum atomic E-state index is 13.7. The highest BCUT2D eigenvalue weighted by molar-refractivity contribution is 6.00. The SMILES string of the molecule is COC(=O)[C@H](Cc1ccc(O)cc1)n1cc(-c2cc(C(=O)C3CCNCC3)cc(-c3cn([C@@H](CCCCN)C(=O)O)nn3)c2)nn1. The topological polar surface area (TPSA) is 200 Å². The van der Waals surface area contributed by atoms with E-state index in [1.165, 1.54) is 28.6 Å². The van der Waals surface area contributed by atoms with Gasteiger partial charge >= 0.3 is 11.9 Å². The first kappa shape index (κ1) is 32.4. The molecule has 242 valence electrons. The number of rotatable bonds is 14. The Morgan fingerprint density at radius 1 is 0.957 bits per heavy atom. The zero-order valence-electron chi connectivity index (χ0n) is 25.6. The molecule has 0 unspecified atom stereocenters. The van der Waals surface area contributed by atoms with Gasteiger partial charge in [-0.25, -0.2) is 19.0 Å². The first-order valence-electron chi connectivity index (χ1n) is 15.3. The maximum absolute atomic E-state index is 13.7. The number of carboxylic acid groups (broad SMARTS) is 1. The number of ketones is 1. The molecule has 14 heteroatoms. The van der Waals surface area contributed by atoms with Crippen LogP contribution in [-0.2, 0) is 20.7 Å². The van der Waals surface area contributed by atoms with Gasteiger partial charge in [0.2, 0.25) is 0 Å². The van der Waals surface area contributed by atoms with Crippen molar-refractivity contribution in [2.75, 3.05) is 26.7 Å². The molecule has 1 saturated heterocycles. The molecule has 5 rings (SSSR count). The molecular formula is C32H38N8O6. The van der Waals surface area contributed by atoms with Crippen LogP contribution in [0.25, 0.3) is 22.5 Å². The van der Waals surface area contributed by atoms with Gasteiger partial charge in [-0.15, -0.1) is 10.2 Å². The zero-order chi connectivity index (χ0) is 32.6. The number of methoxy groups -OCH3 is 1. The van der Waals surface area contributed by atoms with E-state index in [0.717, 1.165) is 18.7 Å². The lowest BCUT2D eigenvalue weighted by Gasteiger charge is -2.21. The molecule has 5 N–H and O–H groups in total. The summed E-state index contributed by atoms with van der Waals surface area (Å²) < 4.78 is 7.80. The van der Waals surface area contributed by atoms with Gasteiger partial charge in [-0.05, 0) is 87.6 Å². The number of nitrogens with two attached hydrogens (primary N) is 1. The summed E-state index contributed by atoms with van der Waals surface area (Å²) in [7, 11) is 1.30. The van der Waals surface area contributed by atoms with Gasteiger partial charge in [0, 0.05) is 29.0 Å².